The Balaban J connectivity index is 0. The fourth-order valence-electron chi connectivity index (χ4n) is 0. The first-order valence-corrected chi connectivity index (χ1v) is 1.89. The van der Waals surface area contributed by atoms with Crippen molar-refractivity contribution in [3.05, 3.63) is 0 Å². The van der Waals surface area contributed by atoms with Crippen molar-refractivity contribution < 1.29 is 45.2 Å². The van der Waals surface area contributed by atoms with Crippen molar-refractivity contribution in [2.75, 3.05) is 0 Å². The summed E-state index contributed by atoms with van der Waals surface area (Å²) < 4.78 is 4.12. The molecule has 0 atom stereocenters. The van der Waals surface area contributed by atoms with Gasteiger partial charge < -0.3 is 0 Å². The standard InChI is InChI=1S/C2H4O2.Co.Mo/c1-2(3)4;;/h1H3,(H,3,4);;/q;;+1/p-1. The molecular formula is C2H3CoMoO2. The summed E-state index contributed by atoms with van der Waals surface area (Å²) in [5.74, 6) is -0.241. The quantitative estimate of drug-likeness (QED) is 0.531. The van der Waals surface area contributed by atoms with E-state index in [0.29, 0.717) is 0 Å². The van der Waals surface area contributed by atoms with E-state index in [-0.39, 0.29) is 22.7 Å². The third-order valence-corrected chi connectivity index (χ3v) is 0.694. The van der Waals surface area contributed by atoms with Crippen molar-refractivity contribution in [2.45, 2.75) is 6.92 Å². The Hall–Kier alpha value is 0.665. The molecule has 0 bridgehead atoms. The predicted molar refractivity (Wildman–Crippen MR) is 11.8 cm³/mol. The van der Waals surface area contributed by atoms with E-state index in [4.69, 9.17) is 0 Å². The molecule has 0 N–H and O–H groups in total. The van der Waals surface area contributed by atoms with Crippen LogP contribution < -0.4 is 0 Å². The fraction of sp³-hybridized carbons (Fsp3) is 0.500. The van der Waals surface area contributed by atoms with Crippen molar-refractivity contribution in [2.24, 2.45) is 0 Å². The van der Waals surface area contributed by atoms with Gasteiger partial charge in [-0.2, -0.15) is 0 Å². The Kier molecular flexibility index (Phi) is 9.28. The molecule has 0 spiro atoms. The van der Waals surface area contributed by atoms with Gasteiger partial charge in [0.05, 0.1) is 0 Å². The Labute approximate surface area is 58.2 Å². The first kappa shape index (κ1) is 9.83. The van der Waals surface area contributed by atoms with Crippen LogP contribution in [0.3, 0.4) is 0 Å². The van der Waals surface area contributed by atoms with Gasteiger partial charge in [0.25, 0.3) is 0 Å². The van der Waals surface area contributed by atoms with Crippen molar-refractivity contribution in [3.63, 3.8) is 0 Å². The van der Waals surface area contributed by atoms with Crippen molar-refractivity contribution in [1.82, 2.24) is 0 Å². The van der Waals surface area contributed by atoms with Crippen LogP contribution in [0, 0.1) is 0 Å². The second-order valence-electron chi connectivity index (χ2n) is 0.575. The molecule has 0 aromatic heterocycles. The summed E-state index contributed by atoms with van der Waals surface area (Å²) in [6.45, 7) is 1.36. The molecule has 0 fully saturated rings. The van der Waals surface area contributed by atoms with E-state index in [9.17, 15) is 4.79 Å². The Bertz CT molecular complexity index is 46.8. The third kappa shape index (κ3) is 8.82. The van der Waals surface area contributed by atoms with Gasteiger partial charge in [-0.25, -0.2) is 0 Å². The second-order valence-corrected chi connectivity index (χ2v) is 0.985. The molecule has 0 heterocycles. The minimum Gasteiger partial charge on any atom is 0 e. The zero-order valence-electron chi connectivity index (χ0n) is 3.06. The molecule has 0 aliphatic rings. The van der Waals surface area contributed by atoms with Gasteiger partial charge >= 0.3 is 41.3 Å². The van der Waals surface area contributed by atoms with Gasteiger partial charge in [0.15, 0.2) is 0 Å². The van der Waals surface area contributed by atoms with E-state index < -0.39 is 0 Å². The largest absolute Gasteiger partial charge is 0 e. The number of hydrogen-bond donors (Lipinski definition) is 0. The van der Waals surface area contributed by atoms with E-state index >= 15 is 0 Å². The predicted octanol–water partition coefficient (Wildman–Crippen LogP) is 0.00880. The van der Waals surface area contributed by atoms with Crippen LogP contribution in [0.1, 0.15) is 6.92 Å². The van der Waals surface area contributed by atoms with Crippen LogP contribution >= 0.6 is 0 Å². The van der Waals surface area contributed by atoms with Crippen LogP contribution in [0.4, 0.5) is 0 Å². The SMILES string of the molecule is CC(=O)[O][Mo].[Co]. The van der Waals surface area contributed by atoms with Gasteiger partial charge in [0.1, 0.15) is 0 Å². The smallest absolute Gasteiger partial charge is 0 e. The van der Waals surface area contributed by atoms with Gasteiger partial charge in [0, 0.05) is 16.8 Å². The molecule has 1 radical (unpaired) electrons. The summed E-state index contributed by atoms with van der Waals surface area (Å²) in [6, 6.07) is 0. The van der Waals surface area contributed by atoms with E-state index in [2.05, 4.69) is 3.39 Å². The average Bonchev–Trinajstić information content (AvgIpc) is 1.38. The molecule has 0 aromatic rings. The Morgan fingerprint density at radius 2 is 2.00 bits per heavy atom. The van der Waals surface area contributed by atoms with Crippen LogP contribution in [0.5, 0.6) is 0 Å². The van der Waals surface area contributed by atoms with Crippen LogP contribution in [0.2, 0.25) is 0 Å². The van der Waals surface area contributed by atoms with E-state index in [1.165, 1.54) is 27.1 Å². The molecule has 0 saturated carbocycles. The normalized spacial score (nSPS) is 5.50. The summed E-state index contributed by atoms with van der Waals surface area (Å²) in [7, 11) is 0. The molecule has 0 aliphatic carbocycles. The molecule has 6 heavy (non-hydrogen) atoms. The number of carbonyl (C=O) groups is 1. The molecule has 38 valence electrons. The number of carbonyl (C=O) groups excluding carboxylic acids is 1. The fourth-order valence-corrected chi connectivity index (χ4v) is 0. The number of hydrogen-bond acceptors (Lipinski definition) is 2. The van der Waals surface area contributed by atoms with Crippen molar-refractivity contribution >= 4 is 5.97 Å². The van der Waals surface area contributed by atoms with Gasteiger partial charge in [-0.1, -0.05) is 0 Å². The van der Waals surface area contributed by atoms with Crippen LogP contribution in [0.25, 0.3) is 0 Å². The van der Waals surface area contributed by atoms with Crippen LogP contribution in [-0.4, -0.2) is 5.97 Å². The molecule has 0 saturated heterocycles. The van der Waals surface area contributed by atoms with E-state index in [1.807, 2.05) is 0 Å². The molecule has 0 unspecified atom stereocenters. The van der Waals surface area contributed by atoms with Gasteiger partial charge in [-0.15, -0.1) is 0 Å². The Morgan fingerprint density at radius 3 is 2.00 bits per heavy atom. The first-order valence-electron chi connectivity index (χ1n) is 1.07. The summed E-state index contributed by atoms with van der Waals surface area (Å²) in [4.78, 5) is 9.59. The van der Waals surface area contributed by atoms with Gasteiger partial charge in [-0.3, -0.25) is 0 Å². The van der Waals surface area contributed by atoms with Gasteiger partial charge in [0.2, 0.25) is 0 Å². The minimum absolute atomic E-state index is 0. The molecule has 0 aliphatic heterocycles. The second kappa shape index (κ2) is 5.66. The summed E-state index contributed by atoms with van der Waals surface area (Å²) >= 11 is 1.29. The molecule has 0 rings (SSSR count). The minimum atomic E-state index is -0.241. The zero-order valence-corrected chi connectivity index (χ0v) is 6.11. The maximum atomic E-state index is 9.59. The summed E-state index contributed by atoms with van der Waals surface area (Å²) in [6.07, 6.45) is 0. The maximum Gasteiger partial charge on any atom is 0 e. The Morgan fingerprint density at radius 1 is 1.83 bits per heavy atom. The van der Waals surface area contributed by atoms with Crippen LogP contribution in [-0.2, 0) is 45.2 Å². The first-order chi connectivity index (χ1) is 2.27. The summed E-state index contributed by atoms with van der Waals surface area (Å²) in [5, 5.41) is 0. The number of rotatable bonds is 0. The molecule has 0 aromatic carbocycles. The van der Waals surface area contributed by atoms with E-state index in [0.717, 1.165) is 0 Å². The molecule has 4 heteroatoms. The maximum absolute atomic E-state index is 9.59. The van der Waals surface area contributed by atoms with Crippen molar-refractivity contribution in [1.29, 1.82) is 0 Å². The monoisotopic (exact) mass is 216 g/mol. The van der Waals surface area contributed by atoms with Gasteiger partial charge in [-0.05, 0) is 0 Å². The third-order valence-electron chi connectivity index (χ3n) is 0.117. The van der Waals surface area contributed by atoms with Crippen molar-refractivity contribution in [3.8, 4) is 0 Å². The molecule has 0 amide bonds. The zero-order chi connectivity index (χ0) is 4.28. The topological polar surface area (TPSA) is 26.3 Å². The van der Waals surface area contributed by atoms with Crippen LogP contribution in [0.15, 0.2) is 0 Å². The van der Waals surface area contributed by atoms with E-state index in [1.54, 1.807) is 0 Å². The average molecular weight is 214 g/mol. The molecular weight excluding hydrogens is 211 g/mol. The summed E-state index contributed by atoms with van der Waals surface area (Å²) in [5.41, 5.74) is 0. The molecule has 2 nitrogen and oxygen atoms in total.